The molecule has 0 spiro atoms. The number of aryl methyl sites for hydroxylation is 1. The SMILES string of the molecule is Cc1coc(Nc2nccc(-c3cc(C#N)c4c(c3)[C@@](C)(CO[Si](C)(C)C(C)(C)C)CN4[B]C=O)n2)n1. The number of oxazole rings is 1. The zero-order valence-corrected chi connectivity index (χ0v) is 23.4. The fraction of sp³-hybridized carbons (Fsp3) is 0.423. The van der Waals surface area contributed by atoms with Crippen LogP contribution in [0.5, 0.6) is 0 Å². The maximum absolute atomic E-state index is 11.5. The molecule has 0 saturated heterocycles. The molecule has 0 unspecified atom stereocenters. The van der Waals surface area contributed by atoms with Crippen LogP contribution in [0.3, 0.4) is 0 Å². The number of rotatable bonds is 8. The molecule has 1 atom stereocenters. The fourth-order valence-electron chi connectivity index (χ4n) is 4.14. The lowest BCUT2D eigenvalue weighted by atomic mass is 9.83. The molecule has 4 rings (SSSR count). The van der Waals surface area contributed by atoms with Crippen LogP contribution in [0.15, 0.2) is 35.1 Å². The highest BCUT2D eigenvalue weighted by molar-refractivity contribution is 6.74. The second-order valence-electron chi connectivity index (χ2n) is 11.2. The van der Waals surface area contributed by atoms with Crippen LogP contribution in [0.1, 0.15) is 44.5 Å². The van der Waals surface area contributed by atoms with Crippen LogP contribution in [0.25, 0.3) is 11.3 Å². The van der Waals surface area contributed by atoms with Gasteiger partial charge in [-0.2, -0.15) is 10.2 Å². The minimum absolute atomic E-state index is 0.0603. The van der Waals surface area contributed by atoms with Crippen LogP contribution in [0.4, 0.5) is 17.7 Å². The smallest absolute Gasteiger partial charge is 0.329 e. The van der Waals surface area contributed by atoms with E-state index in [0.717, 1.165) is 28.7 Å². The van der Waals surface area contributed by atoms with Gasteiger partial charge < -0.3 is 18.4 Å². The minimum Gasteiger partial charge on any atom is -0.432 e. The van der Waals surface area contributed by atoms with Gasteiger partial charge in [0.1, 0.15) is 18.5 Å². The third-order valence-corrected chi connectivity index (χ3v) is 11.8. The molecule has 0 amide bonds. The van der Waals surface area contributed by atoms with Gasteiger partial charge in [-0.25, -0.2) is 9.97 Å². The summed E-state index contributed by atoms with van der Waals surface area (Å²) in [6.07, 6.45) is 3.94. The number of hydrogen-bond acceptors (Lipinski definition) is 9. The molecule has 9 nitrogen and oxygen atoms in total. The molecule has 37 heavy (non-hydrogen) atoms. The van der Waals surface area contributed by atoms with Crippen LogP contribution >= 0.6 is 0 Å². The molecule has 0 saturated carbocycles. The Bertz CT molecular complexity index is 1360. The molecule has 1 N–H and O–H groups in total. The predicted octanol–water partition coefficient (Wildman–Crippen LogP) is 4.96. The quantitative estimate of drug-likeness (QED) is 0.328. The lowest BCUT2D eigenvalue weighted by molar-refractivity contribution is 0.219. The summed E-state index contributed by atoms with van der Waals surface area (Å²) in [5.41, 5.74) is 3.89. The maximum atomic E-state index is 11.5. The van der Waals surface area contributed by atoms with Gasteiger partial charge in [-0.05, 0) is 48.8 Å². The van der Waals surface area contributed by atoms with Gasteiger partial charge in [0.2, 0.25) is 5.95 Å². The van der Waals surface area contributed by atoms with Gasteiger partial charge in [-0.3, -0.25) is 5.32 Å². The molecule has 0 bridgehead atoms. The zero-order valence-electron chi connectivity index (χ0n) is 22.4. The topological polar surface area (TPSA) is 117 Å². The van der Waals surface area contributed by atoms with Gasteiger partial charge in [-0.15, -0.1) is 0 Å². The number of benzene rings is 1. The molecular formula is C26H32BN6O3Si. The van der Waals surface area contributed by atoms with Crippen molar-refractivity contribution in [3.63, 3.8) is 0 Å². The summed E-state index contributed by atoms with van der Waals surface area (Å²) in [5, 5.41) is 13.1. The first-order valence-electron chi connectivity index (χ1n) is 12.2. The number of nitrogens with one attached hydrogen (secondary N) is 1. The Kier molecular flexibility index (Phi) is 7.01. The largest absolute Gasteiger partial charge is 0.432 e. The van der Waals surface area contributed by atoms with Crippen molar-refractivity contribution in [2.45, 2.75) is 58.2 Å². The van der Waals surface area contributed by atoms with Crippen LogP contribution in [-0.4, -0.2) is 50.0 Å². The summed E-state index contributed by atoms with van der Waals surface area (Å²) >= 11 is 0. The van der Waals surface area contributed by atoms with E-state index in [-0.39, 0.29) is 5.04 Å². The Hall–Kier alpha value is -3.49. The molecule has 2 aromatic heterocycles. The van der Waals surface area contributed by atoms with Crippen LogP contribution in [0, 0.1) is 18.3 Å². The molecule has 1 aliphatic rings. The van der Waals surface area contributed by atoms with E-state index in [1.54, 1.807) is 24.6 Å². The van der Waals surface area contributed by atoms with Crippen molar-refractivity contribution in [1.29, 1.82) is 5.26 Å². The summed E-state index contributed by atoms with van der Waals surface area (Å²) in [6.45, 7) is 16.1. The van der Waals surface area contributed by atoms with E-state index in [0.29, 0.717) is 36.4 Å². The van der Waals surface area contributed by atoms with E-state index in [1.807, 2.05) is 17.8 Å². The lowest BCUT2D eigenvalue weighted by Crippen LogP contribution is -2.46. The first kappa shape index (κ1) is 26.6. The number of aromatic nitrogens is 3. The summed E-state index contributed by atoms with van der Waals surface area (Å²) in [5.74, 6) is 0.332. The van der Waals surface area contributed by atoms with Gasteiger partial charge >= 0.3 is 13.4 Å². The third-order valence-electron chi connectivity index (χ3n) is 7.27. The second-order valence-corrected chi connectivity index (χ2v) is 16.0. The van der Waals surface area contributed by atoms with Crippen LogP contribution in [-0.2, 0) is 14.6 Å². The highest BCUT2D eigenvalue weighted by Gasteiger charge is 2.44. The van der Waals surface area contributed by atoms with Gasteiger partial charge in [0.25, 0.3) is 0 Å². The number of carbonyl (C=O) groups is 1. The van der Waals surface area contributed by atoms with Crippen molar-refractivity contribution in [1.82, 2.24) is 15.0 Å². The van der Waals surface area contributed by atoms with Crippen molar-refractivity contribution in [2.24, 2.45) is 0 Å². The first-order valence-corrected chi connectivity index (χ1v) is 15.1. The van der Waals surface area contributed by atoms with Gasteiger partial charge in [-0.1, -0.05) is 27.7 Å². The Morgan fingerprint density at radius 3 is 2.73 bits per heavy atom. The van der Waals surface area contributed by atoms with E-state index in [2.05, 4.69) is 67.1 Å². The minimum atomic E-state index is -2.03. The second kappa shape index (κ2) is 9.76. The number of nitrogens with zero attached hydrogens (tertiary/aromatic N) is 5. The summed E-state index contributed by atoms with van der Waals surface area (Å²) in [6, 6.07) is 8.27. The monoisotopic (exact) mass is 515 g/mol. The number of fused-ring (bicyclic) bond motifs is 1. The summed E-state index contributed by atoms with van der Waals surface area (Å²) in [7, 11) is -0.542. The summed E-state index contributed by atoms with van der Waals surface area (Å²) in [4.78, 5) is 26.5. The fourth-order valence-corrected chi connectivity index (χ4v) is 5.26. The van der Waals surface area contributed by atoms with Gasteiger partial charge in [0.05, 0.1) is 17.0 Å². The standard InChI is InChI=1S/C26H32BN6O3Si/c1-17-13-35-24(30-17)32-23-29-9-8-21(31-23)18-10-19(12-28)22-20(11-18)26(5,14-33(22)27-16-34)15-36-37(6,7)25(2,3)4/h8-11,13,16H,14-15H2,1-7H3,(H,29,30,31,32)/t26-/m1/s1. The Labute approximate surface area is 219 Å². The predicted molar refractivity (Wildman–Crippen MR) is 147 cm³/mol. The van der Waals surface area contributed by atoms with Crippen molar-refractivity contribution in [3.05, 3.63) is 47.5 Å². The lowest BCUT2D eigenvalue weighted by Gasteiger charge is -2.39. The highest BCUT2D eigenvalue weighted by atomic mass is 28.4. The molecule has 1 radical (unpaired) electrons. The number of carbonyl (C=O) groups excluding carboxylic acids is 1. The molecule has 1 aliphatic heterocycles. The molecule has 11 heteroatoms. The van der Waals surface area contributed by atoms with E-state index in [4.69, 9.17) is 8.84 Å². The average Bonchev–Trinajstić information content (AvgIpc) is 3.37. The van der Waals surface area contributed by atoms with Gasteiger partial charge in [0.15, 0.2) is 8.32 Å². The molecule has 3 aromatic rings. The van der Waals surface area contributed by atoms with Crippen LogP contribution in [0.2, 0.25) is 18.1 Å². The number of nitriles is 1. The van der Waals surface area contributed by atoms with Crippen LogP contribution < -0.4 is 10.1 Å². The zero-order chi connectivity index (χ0) is 27.0. The average molecular weight is 515 g/mol. The highest BCUT2D eigenvalue weighted by Crippen LogP contribution is 2.46. The van der Waals surface area contributed by atoms with Crippen molar-refractivity contribution >= 4 is 39.6 Å². The first-order chi connectivity index (χ1) is 17.4. The van der Waals surface area contributed by atoms with Crippen molar-refractivity contribution in [3.8, 4) is 17.3 Å². The Morgan fingerprint density at radius 1 is 1.35 bits per heavy atom. The third kappa shape index (κ3) is 5.31. The Balaban J connectivity index is 1.75. The molecule has 1 aromatic carbocycles. The molecular weight excluding hydrogens is 483 g/mol. The Morgan fingerprint density at radius 2 is 2.11 bits per heavy atom. The number of hydrogen-bond donors (Lipinski definition) is 1. The molecule has 0 fully saturated rings. The summed E-state index contributed by atoms with van der Waals surface area (Å²) < 4.78 is 12.0. The molecule has 191 valence electrons. The molecule has 3 heterocycles. The maximum Gasteiger partial charge on any atom is 0.329 e. The van der Waals surface area contributed by atoms with Crippen molar-refractivity contribution < 1.29 is 13.6 Å². The van der Waals surface area contributed by atoms with E-state index in [1.165, 1.54) is 7.41 Å². The molecule has 0 aliphatic carbocycles. The van der Waals surface area contributed by atoms with Gasteiger partial charge in [0, 0.05) is 36.0 Å². The number of anilines is 3. The normalized spacial score (nSPS) is 17.3. The van der Waals surface area contributed by atoms with Crippen molar-refractivity contribution in [2.75, 3.05) is 23.3 Å². The van der Waals surface area contributed by atoms with E-state index >= 15 is 0 Å². The van der Waals surface area contributed by atoms with E-state index < -0.39 is 13.7 Å². The van der Waals surface area contributed by atoms with E-state index in [9.17, 15) is 10.1 Å².